The molecule has 3 N–H and O–H groups in total. The summed E-state index contributed by atoms with van der Waals surface area (Å²) in [7, 11) is 1.50. The number of rotatable bonds is 6. The first-order valence-corrected chi connectivity index (χ1v) is 3.77. The van der Waals surface area contributed by atoms with Crippen molar-refractivity contribution in [3.05, 3.63) is 0 Å². The van der Waals surface area contributed by atoms with E-state index in [0.717, 1.165) is 12.8 Å². The van der Waals surface area contributed by atoms with E-state index in [-0.39, 0.29) is 24.9 Å². The Morgan fingerprint density at radius 2 is 2.17 bits per heavy atom. The molecule has 0 unspecified atom stereocenters. The van der Waals surface area contributed by atoms with Gasteiger partial charge in [-0.2, -0.15) is 0 Å². The molecule has 0 fully saturated rings. The first-order chi connectivity index (χ1) is 5.31. The van der Waals surface area contributed by atoms with E-state index in [2.05, 4.69) is 10.1 Å². The third-order valence-corrected chi connectivity index (χ3v) is 1.23. The van der Waals surface area contributed by atoms with Gasteiger partial charge in [-0.3, -0.25) is 4.79 Å². The minimum Gasteiger partial charge on any atom is -0.375 e. The molecule has 0 aliphatic carbocycles. The highest BCUT2D eigenvalue weighted by atomic mass is 35.5. The van der Waals surface area contributed by atoms with E-state index in [0.29, 0.717) is 13.1 Å². The Morgan fingerprint density at radius 1 is 1.50 bits per heavy atom. The highest BCUT2D eigenvalue weighted by Crippen LogP contribution is 1.82. The second-order valence-corrected chi connectivity index (χ2v) is 2.28. The van der Waals surface area contributed by atoms with Crippen molar-refractivity contribution in [3.8, 4) is 0 Å². The van der Waals surface area contributed by atoms with E-state index in [9.17, 15) is 4.79 Å². The van der Waals surface area contributed by atoms with Crippen LogP contribution < -0.4 is 11.1 Å². The Labute approximate surface area is 79.2 Å². The zero-order valence-corrected chi connectivity index (χ0v) is 8.15. The monoisotopic (exact) mass is 196 g/mol. The molecular weight excluding hydrogens is 180 g/mol. The number of hydrogen-bond donors (Lipinski definition) is 2. The Hall–Kier alpha value is -0.320. The molecule has 0 aromatic carbocycles. The molecule has 0 heterocycles. The highest BCUT2D eigenvalue weighted by molar-refractivity contribution is 5.85. The molecule has 0 atom stereocenters. The maximum atomic E-state index is 10.7. The van der Waals surface area contributed by atoms with Crippen LogP contribution in [0.1, 0.15) is 12.8 Å². The second-order valence-electron chi connectivity index (χ2n) is 2.28. The van der Waals surface area contributed by atoms with Gasteiger partial charge in [0.05, 0.1) is 0 Å². The lowest BCUT2D eigenvalue weighted by Gasteiger charge is -2.02. The van der Waals surface area contributed by atoms with Crippen molar-refractivity contribution < 1.29 is 9.53 Å². The molecule has 0 rings (SSSR count). The Morgan fingerprint density at radius 3 is 2.67 bits per heavy atom. The second kappa shape index (κ2) is 10.7. The van der Waals surface area contributed by atoms with Crippen LogP contribution in [-0.2, 0) is 9.53 Å². The van der Waals surface area contributed by atoms with Gasteiger partial charge in [0.1, 0.15) is 6.61 Å². The SMILES string of the molecule is COCC(=O)NCCCCN.Cl. The van der Waals surface area contributed by atoms with Crippen molar-refractivity contribution in [2.24, 2.45) is 5.73 Å². The number of ether oxygens (including phenoxy) is 1. The van der Waals surface area contributed by atoms with E-state index < -0.39 is 0 Å². The highest BCUT2D eigenvalue weighted by Gasteiger charge is 1.96. The van der Waals surface area contributed by atoms with Crippen LogP contribution in [0.15, 0.2) is 0 Å². The van der Waals surface area contributed by atoms with Gasteiger partial charge >= 0.3 is 0 Å². The Bertz CT molecular complexity index is 112. The van der Waals surface area contributed by atoms with Crippen molar-refractivity contribution in [2.45, 2.75) is 12.8 Å². The lowest BCUT2D eigenvalue weighted by atomic mass is 10.3. The van der Waals surface area contributed by atoms with Crippen LogP contribution >= 0.6 is 12.4 Å². The summed E-state index contributed by atoms with van der Waals surface area (Å²) in [5, 5.41) is 2.70. The number of carbonyl (C=O) groups excluding carboxylic acids is 1. The number of hydrogen-bond acceptors (Lipinski definition) is 3. The molecule has 12 heavy (non-hydrogen) atoms. The van der Waals surface area contributed by atoms with E-state index >= 15 is 0 Å². The average molecular weight is 197 g/mol. The summed E-state index contributed by atoms with van der Waals surface area (Å²) >= 11 is 0. The topological polar surface area (TPSA) is 64.3 Å². The molecule has 0 saturated carbocycles. The lowest BCUT2D eigenvalue weighted by Crippen LogP contribution is -2.28. The predicted molar refractivity (Wildman–Crippen MR) is 50.4 cm³/mol. The van der Waals surface area contributed by atoms with Crippen LogP contribution in [0.25, 0.3) is 0 Å². The fourth-order valence-electron chi connectivity index (χ4n) is 0.679. The van der Waals surface area contributed by atoms with Gasteiger partial charge in [-0.15, -0.1) is 12.4 Å². The molecule has 0 bridgehead atoms. The van der Waals surface area contributed by atoms with Crippen molar-refractivity contribution in [2.75, 3.05) is 26.8 Å². The molecule has 0 aromatic heterocycles. The van der Waals surface area contributed by atoms with Crippen LogP contribution in [0.4, 0.5) is 0 Å². The van der Waals surface area contributed by atoms with Crippen molar-refractivity contribution in [3.63, 3.8) is 0 Å². The van der Waals surface area contributed by atoms with Gasteiger partial charge in [-0.1, -0.05) is 0 Å². The minimum absolute atomic E-state index is 0. The van der Waals surface area contributed by atoms with Gasteiger partial charge < -0.3 is 15.8 Å². The quantitative estimate of drug-likeness (QED) is 0.584. The van der Waals surface area contributed by atoms with Crippen molar-refractivity contribution in [1.82, 2.24) is 5.32 Å². The van der Waals surface area contributed by atoms with Crippen molar-refractivity contribution >= 4 is 18.3 Å². The summed E-state index contributed by atoms with van der Waals surface area (Å²) in [4.78, 5) is 10.7. The van der Waals surface area contributed by atoms with E-state index in [1.165, 1.54) is 7.11 Å². The van der Waals surface area contributed by atoms with Crippen LogP contribution in [-0.4, -0.2) is 32.7 Å². The van der Waals surface area contributed by atoms with E-state index in [4.69, 9.17) is 5.73 Å². The molecule has 0 radical (unpaired) electrons. The molecule has 0 aliphatic heterocycles. The van der Waals surface area contributed by atoms with Crippen LogP contribution in [0.2, 0.25) is 0 Å². The first kappa shape index (κ1) is 14.2. The average Bonchev–Trinajstić information content (AvgIpc) is 1.99. The summed E-state index contributed by atoms with van der Waals surface area (Å²) in [6, 6.07) is 0. The molecule has 0 aliphatic rings. The molecular formula is C7H17ClN2O2. The van der Waals surface area contributed by atoms with Gasteiger partial charge in [-0.05, 0) is 19.4 Å². The lowest BCUT2D eigenvalue weighted by molar-refractivity contribution is -0.124. The predicted octanol–water partition coefficient (Wildman–Crippen LogP) is -0.0903. The summed E-state index contributed by atoms with van der Waals surface area (Å²) in [5.41, 5.74) is 5.27. The zero-order chi connectivity index (χ0) is 8.53. The number of unbranched alkanes of at least 4 members (excludes halogenated alkanes) is 1. The zero-order valence-electron chi connectivity index (χ0n) is 7.34. The summed E-state index contributed by atoms with van der Waals surface area (Å²) in [6.45, 7) is 1.52. The third kappa shape index (κ3) is 9.68. The maximum absolute atomic E-state index is 10.7. The van der Waals surface area contributed by atoms with E-state index in [1.54, 1.807) is 0 Å². The molecule has 0 spiro atoms. The standard InChI is InChI=1S/C7H16N2O2.ClH/c1-11-6-7(10)9-5-3-2-4-8;/h2-6,8H2,1H3,(H,9,10);1H. The van der Waals surface area contributed by atoms with Crippen LogP contribution in [0, 0.1) is 0 Å². The molecule has 5 heteroatoms. The molecule has 4 nitrogen and oxygen atoms in total. The number of nitrogens with one attached hydrogen (secondary N) is 1. The van der Waals surface area contributed by atoms with Gasteiger partial charge in [0.2, 0.25) is 5.91 Å². The molecule has 0 saturated heterocycles. The summed E-state index contributed by atoms with van der Waals surface area (Å²) < 4.78 is 4.62. The third-order valence-electron chi connectivity index (χ3n) is 1.23. The van der Waals surface area contributed by atoms with E-state index in [1.807, 2.05) is 0 Å². The van der Waals surface area contributed by atoms with Crippen molar-refractivity contribution in [1.29, 1.82) is 0 Å². The minimum atomic E-state index is -0.0653. The normalized spacial score (nSPS) is 8.83. The van der Waals surface area contributed by atoms with Crippen LogP contribution in [0.3, 0.4) is 0 Å². The number of nitrogens with two attached hydrogens (primary N) is 1. The molecule has 74 valence electrons. The van der Waals surface area contributed by atoms with Crippen LogP contribution in [0.5, 0.6) is 0 Å². The van der Waals surface area contributed by atoms with Gasteiger partial charge in [0, 0.05) is 13.7 Å². The fourth-order valence-corrected chi connectivity index (χ4v) is 0.679. The number of carbonyl (C=O) groups is 1. The Balaban J connectivity index is 0. The number of halogens is 1. The first-order valence-electron chi connectivity index (χ1n) is 3.77. The largest absolute Gasteiger partial charge is 0.375 e. The van der Waals surface area contributed by atoms with Gasteiger partial charge in [0.25, 0.3) is 0 Å². The smallest absolute Gasteiger partial charge is 0.245 e. The fraction of sp³-hybridized carbons (Fsp3) is 0.857. The molecule has 0 aromatic rings. The maximum Gasteiger partial charge on any atom is 0.245 e. The van der Waals surface area contributed by atoms with Gasteiger partial charge in [-0.25, -0.2) is 0 Å². The summed E-state index contributed by atoms with van der Waals surface area (Å²) in [6.07, 6.45) is 1.89. The number of methoxy groups -OCH3 is 1. The van der Waals surface area contributed by atoms with Gasteiger partial charge in [0.15, 0.2) is 0 Å². The summed E-state index contributed by atoms with van der Waals surface area (Å²) in [5.74, 6) is -0.0653. The number of amides is 1. The Kier molecular flexibility index (Phi) is 12.7. The molecule has 1 amide bonds.